The van der Waals surface area contributed by atoms with Crippen molar-refractivity contribution in [2.75, 3.05) is 17.6 Å². The summed E-state index contributed by atoms with van der Waals surface area (Å²) in [5.74, 6) is 0.0538. The first-order valence-electron chi connectivity index (χ1n) is 11.2. The molecule has 37 heavy (non-hydrogen) atoms. The van der Waals surface area contributed by atoms with Gasteiger partial charge in [0.1, 0.15) is 28.8 Å². The number of sulfonamides is 1. The number of ketones is 1. The van der Waals surface area contributed by atoms with Crippen molar-refractivity contribution in [3.63, 3.8) is 0 Å². The number of nitrogens with two attached hydrogens (primary N) is 1. The molecule has 0 aliphatic rings. The lowest BCUT2D eigenvalue weighted by Gasteiger charge is -2.18. The SMILES string of the molecule is COc1ccc(C(=O)c2cn(C(C)C)c3ncnc(N)c23)cc1NS(=O)(=O)C(C)c1ccc(Cl)c(Cl)c1. The van der Waals surface area contributed by atoms with Gasteiger partial charge in [-0.1, -0.05) is 29.3 Å². The molecule has 0 fully saturated rings. The van der Waals surface area contributed by atoms with Gasteiger partial charge in [0.05, 0.1) is 33.8 Å². The van der Waals surface area contributed by atoms with Gasteiger partial charge in [0.2, 0.25) is 10.0 Å². The molecule has 1 unspecified atom stereocenters. The van der Waals surface area contributed by atoms with E-state index in [1.807, 2.05) is 18.4 Å². The zero-order valence-electron chi connectivity index (χ0n) is 20.5. The Labute approximate surface area is 224 Å². The van der Waals surface area contributed by atoms with E-state index < -0.39 is 15.3 Å². The quantitative estimate of drug-likeness (QED) is 0.266. The Balaban J connectivity index is 1.74. The number of benzene rings is 2. The number of nitrogens with zero attached hydrogens (tertiary/aromatic N) is 3. The first-order chi connectivity index (χ1) is 17.4. The Morgan fingerprint density at radius 3 is 2.46 bits per heavy atom. The molecule has 9 nitrogen and oxygen atoms in total. The van der Waals surface area contributed by atoms with Gasteiger partial charge >= 0.3 is 0 Å². The summed E-state index contributed by atoms with van der Waals surface area (Å²) in [4.78, 5) is 22.0. The highest BCUT2D eigenvalue weighted by Crippen LogP contribution is 2.34. The van der Waals surface area contributed by atoms with E-state index in [4.69, 9.17) is 33.7 Å². The van der Waals surface area contributed by atoms with Crippen LogP contribution < -0.4 is 15.2 Å². The molecule has 1 atom stereocenters. The van der Waals surface area contributed by atoms with Crippen molar-refractivity contribution in [2.45, 2.75) is 32.1 Å². The van der Waals surface area contributed by atoms with Crippen LogP contribution in [0.15, 0.2) is 48.9 Å². The van der Waals surface area contributed by atoms with Gasteiger partial charge in [-0.3, -0.25) is 9.52 Å². The number of nitrogen functional groups attached to an aromatic ring is 1. The van der Waals surface area contributed by atoms with Crippen molar-refractivity contribution < 1.29 is 17.9 Å². The number of carbonyl (C=O) groups excluding carboxylic acids is 1. The number of hydrogen-bond donors (Lipinski definition) is 2. The fourth-order valence-corrected chi connectivity index (χ4v) is 5.40. The number of halogens is 2. The van der Waals surface area contributed by atoms with Gasteiger partial charge in [0, 0.05) is 17.8 Å². The number of fused-ring (bicyclic) bond motifs is 1. The summed E-state index contributed by atoms with van der Waals surface area (Å²) in [6, 6.07) is 9.15. The van der Waals surface area contributed by atoms with Crippen LogP contribution in [0.3, 0.4) is 0 Å². The Morgan fingerprint density at radius 2 is 1.81 bits per heavy atom. The highest BCUT2D eigenvalue weighted by atomic mass is 35.5. The largest absolute Gasteiger partial charge is 0.495 e. The van der Waals surface area contributed by atoms with Crippen LogP contribution in [0.25, 0.3) is 11.0 Å². The third kappa shape index (κ3) is 5.09. The lowest BCUT2D eigenvalue weighted by molar-refractivity contribution is 0.104. The van der Waals surface area contributed by atoms with Gasteiger partial charge in [0.15, 0.2) is 5.78 Å². The normalized spacial score (nSPS) is 12.6. The van der Waals surface area contributed by atoms with Crippen molar-refractivity contribution in [1.82, 2.24) is 14.5 Å². The molecule has 0 saturated carbocycles. The summed E-state index contributed by atoms with van der Waals surface area (Å²) in [6.07, 6.45) is 3.03. The minimum atomic E-state index is -3.97. The van der Waals surface area contributed by atoms with Crippen LogP contribution in [-0.4, -0.2) is 35.8 Å². The zero-order chi connectivity index (χ0) is 27.1. The highest BCUT2D eigenvalue weighted by Gasteiger charge is 2.26. The standard InChI is InChI=1S/C25H25Cl2N5O4S/c1-13(2)32-11-17(22-24(28)29-12-30-25(22)32)23(33)16-6-8-21(36-4)20(10-16)31-37(34,35)14(3)15-5-7-18(26)19(27)9-15/h5-14,31H,1-4H3,(H2,28,29,30). The molecule has 0 amide bonds. The van der Waals surface area contributed by atoms with Gasteiger partial charge < -0.3 is 15.0 Å². The zero-order valence-corrected chi connectivity index (χ0v) is 22.8. The van der Waals surface area contributed by atoms with Gasteiger partial charge in [-0.05, 0) is 56.7 Å². The third-order valence-electron chi connectivity index (χ3n) is 6.03. The van der Waals surface area contributed by atoms with Crippen molar-refractivity contribution in [3.05, 3.63) is 75.7 Å². The molecule has 3 N–H and O–H groups in total. The fraction of sp³-hybridized carbons (Fsp3) is 0.240. The third-order valence-corrected chi connectivity index (χ3v) is 8.48. The van der Waals surface area contributed by atoms with E-state index in [1.54, 1.807) is 18.3 Å². The molecule has 194 valence electrons. The first kappa shape index (κ1) is 26.7. The Kier molecular flexibility index (Phi) is 7.36. The van der Waals surface area contributed by atoms with Crippen molar-refractivity contribution in [2.24, 2.45) is 0 Å². The maximum Gasteiger partial charge on any atom is 0.239 e. The lowest BCUT2D eigenvalue weighted by atomic mass is 10.0. The summed E-state index contributed by atoms with van der Waals surface area (Å²) in [6.45, 7) is 5.44. The van der Waals surface area contributed by atoms with Gasteiger partial charge in [-0.15, -0.1) is 0 Å². The predicted molar refractivity (Wildman–Crippen MR) is 146 cm³/mol. The summed E-state index contributed by atoms with van der Waals surface area (Å²) < 4.78 is 36.2. The first-order valence-corrected chi connectivity index (χ1v) is 13.5. The van der Waals surface area contributed by atoms with E-state index in [0.29, 0.717) is 27.2 Å². The van der Waals surface area contributed by atoms with Crippen molar-refractivity contribution in [3.8, 4) is 5.75 Å². The summed E-state index contributed by atoms with van der Waals surface area (Å²) in [5, 5.41) is 0.0237. The Bertz CT molecular complexity index is 1620. The minimum Gasteiger partial charge on any atom is -0.495 e. The number of carbonyl (C=O) groups is 1. The molecule has 0 bridgehead atoms. The number of anilines is 2. The number of hydrogen-bond acceptors (Lipinski definition) is 7. The van der Waals surface area contributed by atoms with Crippen molar-refractivity contribution >= 4 is 61.5 Å². The van der Waals surface area contributed by atoms with E-state index in [1.165, 1.54) is 44.6 Å². The Hall–Kier alpha value is -3.34. The molecular formula is C25H25Cl2N5O4S. The topological polar surface area (TPSA) is 129 Å². The minimum absolute atomic E-state index is 0.0134. The number of ether oxygens (including phenoxy) is 1. The highest BCUT2D eigenvalue weighted by molar-refractivity contribution is 7.92. The number of methoxy groups -OCH3 is 1. The van der Waals surface area contributed by atoms with E-state index in [-0.39, 0.29) is 39.7 Å². The second kappa shape index (κ2) is 10.2. The van der Waals surface area contributed by atoms with Crippen LogP contribution >= 0.6 is 23.2 Å². The van der Waals surface area contributed by atoms with E-state index in [0.717, 1.165) is 0 Å². The molecule has 12 heteroatoms. The number of nitrogens with one attached hydrogen (secondary N) is 1. The molecule has 0 spiro atoms. The van der Waals surface area contributed by atoms with Gasteiger partial charge in [-0.2, -0.15) is 0 Å². The Morgan fingerprint density at radius 1 is 1.08 bits per heavy atom. The van der Waals surface area contributed by atoms with Crippen LogP contribution in [0.4, 0.5) is 11.5 Å². The molecule has 0 aliphatic heterocycles. The van der Waals surface area contributed by atoms with E-state index in [2.05, 4.69) is 14.7 Å². The van der Waals surface area contributed by atoms with E-state index in [9.17, 15) is 13.2 Å². The maximum atomic E-state index is 13.6. The molecule has 4 rings (SSSR count). The average molecular weight is 562 g/mol. The number of aromatic nitrogens is 3. The van der Waals surface area contributed by atoms with Crippen LogP contribution in [0, 0.1) is 0 Å². The van der Waals surface area contributed by atoms with Gasteiger partial charge in [0.25, 0.3) is 0 Å². The van der Waals surface area contributed by atoms with Crippen LogP contribution in [0.5, 0.6) is 5.75 Å². The second-order valence-corrected chi connectivity index (χ2v) is 11.5. The predicted octanol–water partition coefficient (Wildman–Crippen LogP) is 5.64. The van der Waals surface area contributed by atoms with E-state index >= 15 is 0 Å². The molecule has 2 aromatic heterocycles. The molecule has 0 saturated heterocycles. The molecule has 2 aromatic carbocycles. The number of rotatable bonds is 8. The molecule has 2 heterocycles. The van der Waals surface area contributed by atoms with Crippen molar-refractivity contribution in [1.29, 1.82) is 0 Å². The molecular weight excluding hydrogens is 537 g/mol. The average Bonchev–Trinajstić information content (AvgIpc) is 3.26. The lowest BCUT2D eigenvalue weighted by Crippen LogP contribution is -2.20. The maximum absolute atomic E-state index is 13.6. The second-order valence-electron chi connectivity index (χ2n) is 8.71. The van der Waals surface area contributed by atoms with Gasteiger partial charge in [-0.25, -0.2) is 18.4 Å². The smallest absolute Gasteiger partial charge is 0.239 e. The molecule has 0 radical (unpaired) electrons. The summed E-state index contributed by atoms with van der Waals surface area (Å²) in [7, 11) is -2.56. The van der Waals surface area contributed by atoms with Crippen LogP contribution in [0.2, 0.25) is 10.0 Å². The summed E-state index contributed by atoms with van der Waals surface area (Å²) >= 11 is 12.0. The fourth-order valence-electron chi connectivity index (χ4n) is 3.94. The molecule has 4 aromatic rings. The molecule has 0 aliphatic carbocycles. The van der Waals surface area contributed by atoms with Crippen LogP contribution in [0.1, 0.15) is 53.5 Å². The monoisotopic (exact) mass is 561 g/mol. The summed E-state index contributed by atoms with van der Waals surface area (Å²) in [5.41, 5.74) is 7.74. The van der Waals surface area contributed by atoms with Crippen LogP contribution in [-0.2, 0) is 10.0 Å².